The molecule has 0 spiro atoms. The molecule has 2 heteroatoms. The summed E-state index contributed by atoms with van der Waals surface area (Å²) in [6.07, 6.45) is 2.85. The molecule has 1 aromatic carbocycles. The van der Waals surface area contributed by atoms with E-state index in [9.17, 15) is 5.11 Å². The van der Waals surface area contributed by atoms with E-state index in [1.165, 1.54) is 0 Å². The van der Waals surface area contributed by atoms with Crippen molar-refractivity contribution in [1.29, 1.82) is 0 Å². The summed E-state index contributed by atoms with van der Waals surface area (Å²) in [6.45, 7) is 3.07. The van der Waals surface area contributed by atoms with E-state index < -0.39 is 0 Å². The third kappa shape index (κ3) is 1.28. The molecule has 0 amide bonds. The number of rotatable bonds is 2. The number of hydrogen-bond donors (Lipinski definition) is 1. The van der Waals surface area contributed by atoms with Crippen LogP contribution in [0, 0.1) is 6.07 Å². The first-order valence-electron chi connectivity index (χ1n) is 4.51. The van der Waals surface area contributed by atoms with Gasteiger partial charge in [-0.05, 0) is 24.6 Å². The molecular formula is C11H12NO. The van der Waals surface area contributed by atoms with Crippen LogP contribution in [0.1, 0.15) is 13.3 Å². The molecule has 0 aliphatic heterocycles. The van der Waals surface area contributed by atoms with Gasteiger partial charge in [0, 0.05) is 18.1 Å². The summed E-state index contributed by atoms with van der Waals surface area (Å²) in [5, 5.41) is 10.5. The second-order valence-corrected chi connectivity index (χ2v) is 3.15. The molecule has 0 fully saturated rings. The van der Waals surface area contributed by atoms with Gasteiger partial charge in [0.05, 0.1) is 5.52 Å². The summed E-state index contributed by atoms with van der Waals surface area (Å²) in [6, 6.07) is 8.62. The number of benzene rings is 1. The van der Waals surface area contributed by atoms with Gasteiger partial charge in [0.15, 0.2) is 0 Å². The van der Waals surface area contributed by atoms with E-state index in [2.05, 4.69) is 17.6 Å². The van der Waals surface area contributed by atoms with E-state index in [4.69, 9.17) is 0 Å². The maximum absolute atomic E-state index is 9.58. The lowest BCUT2D eigenvalue weighted by molar-refractivity contribution is 0.478. The molecule has 2 rings (SSSR count). The lowest BCUT2D eigenvalue weighted by Crippen LogP contribution is -1.92. The normalized spacial score (nSPS) is 10.8. The van der Waals surface area contributed by atoms with Gasteiger partial charge in [-0.25, -0.2) is 0 Å². The van der Waals surface area contributed by atoms with Crippen LogP contribution in [0.4, 0.5) is 0 Å². The van der Waals surface area contributed by atoms with E-state index in [1.54, 1.807) is 6.20 Å². The van der Waals surface area contributed by atoms with E-state index >= 15 is 0 Å². The number of aromatic nitrogens is 1. The SMILES string of the molecule is CCCn1cc(O)c2c[c]ccc21. The van der Waals surface area contributed by atoms with Crippen LogP contribution in [0.2, 0.25) is 0 Å². The van der Waals surface area contributed by atoms with Crippen molar-refractivity contribution < 1.29 is 5.11 Å². The summed E-state index contributed by atoms with van der Waals surface area (Å²) < 4.78 is 2.07. The Bertz CT molecular complexity index is 417. The van der Waals surface area contributed by atoms with Crippen LogP contribution in [-0.4, -0.2) is 9.67 Å². The molecule has 0 atom stereocenters. The highest BCUT2D eigenvalue weighted by molar-refractivity contribution is 5.86. The lowest BCUT2D eigenvalue weighted by Gasteiger charge is -2.00. The standard InChI is InChI=1S/C11H12NO/c1-2-7-12-8-11(13)9-5-3-4-6-10(9)12/h4-6,8,13H,2,7H2,1H3. The Kier molecular flexibility index (Phi) is 1.97. The second kappa shape index (κ2) is 3.13. The van der Waals surface area contributed by atoms with Crippen molar-refractivity contribution in [2.24, 2.45) is 0 Å². The highest BCUT2D eigenvalue weighted by Gasteiger charge is 2.04. The Morgan fingerprint density at radius 2 is 2.38 bits per heavy atom. The molecule has 1 N–H and O–H groups in total. The highest BCUT2D eigenvalue weighted by atomic mass is 16.3. The average molecular weight is 174 g/mol. The van der Waals surface area contributed by atoms with Gasteiger partial charge in [0.1, 0.15) is 5.75 Å². The fourth-order valence-corrected chi connectivity index (χ4v) is 1.59. The van der Waals surface area contributed by atoms with Crippen molar-refractivity contribution >= 4 is 10.9 Å². The van der Waals surface area contributed by atoms with Crippen LogP contribution in [0.5, 0.6) is 5.75 Å². The van der Waals surface area contributed by atoms with Crippen molar-refractivity contribution in [1.82, 2.24) is 4.57 Å². The van der Waals surface area contributed by atoms with Gasteiger partial charge in [-0.3, -0.25) is 0 Å². The first-order valence-corrected chi connectivity index (χ1v) is 4.51. The predicted molar refractivity (Wildman–Crippen MR) is 52.7 cm³/mol. The summed E-state index contributed by atoms with van der Waals surface area (Å²) in [7, 11) is 0. The molecular weight excluding hydrogens is 162 g/mol. The molecule has 2 nitrogen and oxygen atoms in total. The number of fused-ring (bicyclic) bond motifs is 1. The summed E-state index contributed by atoms with van der Waals surface area (Å²) >= 11 is 0. The van der Waals surface area contributed by atoms with E-state index in [0.29, 0.717) is 5.75 Å². The molecule has 1 aromatic heterocycles. The Labute approximate surface area is 77.4 Å². The lowest BCUT2D eigenvalue weighted by atomic mass is 10.2. The maximum atomic E-state index is 9.58. The summed E-state index contributed by atoms with van der Waals surface area (Å²) in [5.41, 5.74) is 1.08. The van der Waals surface area contributed by atoms with E-state index in [1.807, 2.05) is 18.2 Å². The number of nitrogens with zero attached hydrogens (tertiary/aromatic N) is 1. The third-order valence-electron chi connectivity index (χ3n) is 2.17. The van der Waals surface area contributed by atoms with Crippen molar-refractivity contribution in [3.8, 4) is 5.75 Å². The van der Waals surface area contributed by atoms with E-state index in [-0.39, 0.29) is 0 Å². The third-order valence-corrected chi connectivity index (χ3v) is 2.17. The van der Waals surface area contributed by atoms with Crippen molar-refractivity contribution in [2.45, 2.75) is 19.9 Å². The van der Waals surface area contributed by atoms with Crippen molar-refractivity contribution in [3.05, 3.63) is 30.5 Å². The molecule has 0 aliphatic rings. The molecule has 13 heavy (non-hydrogen) atoms. The second-order valence-electron chi connectivity index (χ2n) is 3.15. The number of aryl methyl sites for hydroxylation is 1. The Morgan fingerprint density at radius 1 is 1.54 bits per heavy atom. The molecule has 1 radical (unpaired) electrons. The van der Waals surface area contributed by atoms with Gasteiger partial charge in [0.25, 0.3) is 0 Å². The van der Waals surface area contributed by atoms with Gasteiger partial charge >= 0.3 is 0 Å². The number of hydrogen-bond acceptors (Lipinski definition) is 1. The van der Waals surface area contributed by atoms with Crippen molar-refractivity contribution in [2.75, 3.05) is 0 Å². The van der Waals surface area contributed by atoms with Crippen LogP contribution < -0.4 is 0 Å². The average Bonchev–Trinajstić information content (AvgIpc) is 2.46. The Balaban J connectivity index is 2.63. The first kappa shape index (κ1) is 8.17. The molecule has 0 aliphatic carbocycles. The van der Waals surface area contributed by atoms with Gasteiger partial charge in [-0.2, -0.15) is 0 Å². The molecule has 67 valence electrons. The zero-order chi connectivity index (χ0) is 9.26. The van der Waals surface area contributed by atoms with Crippen LogP contribution >= 0.6 is 0 Å². The van der Waals surface area contributed by atoms with Crippen molar-refractivity contribution in [3.63, 3.8) is 0 Å². The first-order chi connectivity index (χ1) is 6.33. The molecule has 0 saturated heterocycles. The highest BCUT2D eigenvalue weighted by Crippen LogP contribution is 2.26. The van der Waals surface area contributed by atoms with Crippen LogP contribution in [0.15, 0.2) is 24.4 Å². The van der Waals surface area contributed by atoms with Crippen LogP contribution in [-0.2, 0) is 6.54 Å². The monoisotopic (exact) mass is 174 g/mol. The summed E-state index contributed by atoms with van der Waals surface area (Å²) in [4.78, 5) is 0. The number of aromatic hydroxyl groups is 1. The van der Waals surface area contributed by atoms with Gasteiger partial charge < -0.3 is 9.67 Å². The quantitative estimate of drug-likeness (QED) is 0.743. The minimum Gasteiger partial charge on any atom is -0.506 e. The molecule has 0 bridgehead atoms. The Hall–Kier alpha value is -1.44. The zero-order valence-electron chi connectivity index (χ0n) is 7.62. The van der Waals surface area contributed by atoms with Crippen LogP contribution in [0.3, 0.4) is 0 Å². The maximum Gasteiger partial charge on any atom is 0.141 e. The van der Waals surface area contributed by atoms with Gasteiger partial charge in [-0.15, -0.1) is 0 Å². The Morgan fingerprint density at radius 3 is 3.15 bits per heavy atom. The fraction of sp³-hybridized carbons (Fsp3) is 0.273. The van der Waals surface area contributed by atoms with E-state index in [0.717, 1.165) is 23.9 Å². The minimum atomic E-state index is 0.348. The van der Waals surface area contributed by atoms with Crippen LogP contribution in [0.25, 0.3) is 10.9 Å². The molecule has 2 aromatic rings. The van der Waals surface area contributed by atoms with Gasteiger partial charge in [-0.1, -0.05) is 13.0 Å². The molecule has 0 saturated carbocycles. The topological polar surface area (TPSA) is 25.2 Å². The zero-order valence-corrected chi connectivity index (χ0v) is 7.62. The minimum absolute atomic E-state index is 0.348. The molecule has 0 unspecified atom stereocenters. The fourth-order valence-electron chi connectivity index (χ4n) is 1.59. The summed E-state index contributed by atoms with van der Waals surface area (Å²) in [5.74, 6) is 0.348. The van der Waals surface area contributed by atoms with Gasteiger partial charge in [0.2, 0.25) is 0 Å². The smallest absolute Gasteiger partial charge is 0.141 e. The largest absolute Gasteiger partial charge is 0.506 e. The predicted octanol–water partition coefficient (Wildman–Crippen LogP) is 2.56. The molecule has 1 heterocycles.